The summed E-state index contributed by atoms with van der Waals surface area (Å²) < 4.78 is 49.5. The second-order valence-corrected chi connectivity index (χ2v) is 7.08. The van der Waals surface area contributed by atoms with Gasteiger partial charge in [-0.1, -0.05) is 12.1 Å². The van der Waals surface area contributed by atoms with Crippen molar-refractivity contribution in [2.24, 2.45) is 0 Å². The first kappa shape index (κ1) is 19.4. The highest BCUT2D eigenvalue weighted by molar-refractivity contribution is 5.98. The molecule has 152 valence electrons. The van der Waals surface area contributed by atoms with E-state index in [1.54, 1.807) is 0 Å². The molecule has 0 atom stereocenters. The number of rotatable bonds is 3. The smallest absolute Gasteiger partial charge is 0.416 e. The largest absolute Gasteiger partial charge is 0.490 e. The van der Waals surface area contributed by atoms with E-state index < -0.39 is 11.7 Å². The summed E-state index contributed by atoms with van der Waals surface area (Å²) in [6.45, 7) is 1.87. The SMILES string of the molecule is O=C(/C=C1\NCCc2cc3c(cc21)OCCCO3)Cc1ccc(C(F)(F)F)cc1. The van der Waals surface area contributed by atoms with Crippen molar-refractivity contribution in [1.82, 2.24) is 5.32 Å². The zero-order chi connectivity index (χ0) is 20.4. The average Bonchev–Trinajstić information content (AvgIpc) is 2.91. The molecule has 0 aliphatic carbocycles. The minimum Gasteiger partial charge on any atom is -0.490 e. The molecule has 2 aliphatic rings. The van der Waals surface area contributed by atoms with E-state index in [4.69, 9.17) is 9.47 Å². The van der Waals surface area contributed by atoms with Crippen LogP contribution >= 0.6 is 0 Å². The lowest BCUT2D eigenvalue weighted by atomic mass is 9.95. The molecule has 2 aromatic rings. The third-order valence-electron chi connectivity index (χ3n) is 4.94. The molecule has 0 fully saturated rings. The van der Waals surface area contributed by atoms with Crippen molar-refractivity contribution in [3.63, 3.8) is 0 Å². The van der Waals surface area contributed by atoms with Crippen LogP contribution in [0.2, 0.25) is 0 Å². The molecule has 2 aliphatic heterocycles. The van der Waals surface area contributed by atoms with Gasteiger partial charge in [0.05, 0.1) is 18.8 Å². The Hall–Kier alpha value is -2.96. The highest BCUT2D eigenvalue weighted by atomic mass is 19.4. The summed E-state index contributed by atoms with van der Waals surface area (Å²) in [5, 5.41) is 3.24. The molecule has 2 aromatic carbocycles. The molecule has 7 heteroatoms. The maximum atomic E-state index is 12.7. The maximum Gasteiger partial charge on any atom is 0.416 e. The number of fused-ring (bicyclic) bond motifs is 2. The molecule has 1 N–H and O–H groups in total. The van der Waals surface area contributed by atoms with Crippen LogP contribution < -0.4 is 14.8 Å². The standard InChI is InChI=1S/C22H20F3NO3/c23-22(24,25)16-4-2-14(3-5-16)10-17(27)12-19-18-13-21-20(28-8-1-9-29-21)11-15(18)6-7-26-19/h2-5,11-13,26H,1,6-10H2/b19-12-. The molecule has 0 aromatic heterocycles. The van der Waals surface area contributed by atoms with Crippen molar-refractivity contribution in [2.45, 2.75) is 25.4 Å². The van der Waals surface area contributed by atoms with E-state index in [0.29, 0.717) is 36.8 Å². The zero-order valence-corrected chi connectivity index (χ0v) is 15.6. The van der Waals surface area contributed by atoms with Crippen LogP contribution in [0.3, 0.4) is 0 Å². The quantitative estimate of drug-likeness (QED) is 0.782. The fourth-order valence-electron chi connectivity index (χ4n) is 3.49. The van der Waals surface area contributed by atoms with Crippen molar-refractivity contribution >= 4 is 11.5 Å². The number of ketones is 1. The van der Waals surface area contributed by atoms with Gasteiger partial charge in [-0.05, 0) is 41.8 Å². The predicted molar refractivity (Wildman–Crippen MR) is 102 cm³/mol. The second kappa shape index (κ2) is 7.81. The monoisotopic (exact) mass is 403 g/mol. The van der Waals surface area contributed by atoms with Crippen molar-refractivity contribution in [2.75, 3.05) is 19.8 Å². The van der Waals surface area contributed by atoms with Gasteiger partial charge in [-0.3, -0.25) is 4.79 Å². The van der Waals surface area contributed by atoms with Crippen LogP contribution in [0.1, 0.15) is 28.7 Å². The number of carbonyl (C=O) groups excluding carboxylic acids is 1. The van der Waals surface area contributed by atoms with Crippen molar-refractivity contribution in [3.05, 3.63) is 64.7 Å². The number of allylic oxidation sites excluding steroid dienone is 1. The fourth-order valence-corrected chi connectivity index (χ4v) is 3.49. The summed E-state index contributed by atoms with van der Waals surface area (Å²) in [5.41, 5.74) is 2.47. The van der Waals surface area contributed by atoms with Gasteiger partial charge in [0.25, 0.3) is 0 Å². The van der Waals surface area contributed by atoms with Crippen LogP contribution in [0, 0.1) is 0 Å². The Bertz CT molecular complexity index is 949. The Morgan fingerprint density at radius 1 is 1.07 bits per heavy atom. The van der Waals surface area contributed by atoms with Gasteiger partial charge in [0.2, 0.25) is 0 Å². The lowest BCUT2D eigenvalue weighted by Crippen LogP contribution is -2.23. The molecule has 4 nitrogen and oxygen atoms in total. The highest BCUT2D eigenvalue weighted by Gasteiger charge is 2.30. The molecule has 4 rings (SSSR count). The molecule has 0 spiro atoms. The van der Waals surface area contributed by atoms with Crippen molar-refractivity contribution in [1.29, 1.82) is 0 Å². The van der Waals surface area contributed by atoms with E-state index >= 15 is 0 Å². The van der Waals surface area contributed by atoms with Crippen LogP contribution in [0.4, 0.5) is 13.2 Å². The van der Waals surface area contributed by atoms with Crippen LogP contribution in [0.5, 0.6) is 11.5 Å². The lowest BCUT2D eigenvalue weighted by molar-refractivity contribution is -0.137. The molecular formula is C22H20F3NO3. The third kappa shape index (κ3) is 4.39. The minimum atomic E-state index is -4.38. The molecule has 0 saturated heterocycles. The second-order valence-electron chi connectivity index (χ2n) is 7.08. The van der Waals surface area contributed by atoms with E-state index in [0.717, 1.165) is 41.9 Å². The van der Waals surface area contributed by atoms with E-state index in [-0.39, 0.29) is 12.2 Å². The minimum absolute atomic E-state index is 0.0310. The topological polar surface area (TPSA) is 47.6 Å². The summed E-state index contributed by atoms with van der Waals surface area (Å²) in [5.74, 6) is 1.19. The van der Waals surface area contributed by atoms with Gasteiger partial charge in [-0.15, -0.1) is 0 Å². The summed E-state index contributed by atoms with van der Waals surface area (Å²) in [6.07, 6.45) is -1.23. The number of alkyl halides is 3. The Labute approximate surface area is 166 Å². The van der Waals surface area contributed by atoms with Gasteiger partial charge in [0, 0.05) is 36.7 Å². The van der Waals surface area contributed by atoms with Gasteiger partial charge in [-0.2, -0.15) is 13.2 Å². The number of hydrogen-bond donors (Lipinski definition) is 1. The molecule has 0 radical (unpaired) electrons. The molecule has 0 saturated carbocycles. The molecule has 29 heavy (non-hydrogen) atoms. The summed E-state index contributed by atoms with van der Waals surface area (Å²) in [4.78, 5) is 12.5. The first-order valence-electron chi connectivity index (χ1n) is 9.47. The van der Waals surface area contributed by atoms with E-state index in [2.05, 4.69) is 5.32 Å². The first-order chi connectivity index (χ1) is 13.9. The van der Waals surface area contributed by atoms with Crippen molar-refractivity contribution in [3.8, 4) is 11.5 Å². The van der Waals surface area contributed by atoms with Gasteiger partial charge < -0.3 is 14.8 Å². The highest BCUT2D eigenvalue weighted by Crippen LogP contribution is 2.36. The molecular weight excluding hydrogens is 383 g/mol. The maximum absolute atomic E-state index is 12.7. The van der Waals surface area contributed by atoms with Crippen LogP contribution in [-0.2, 0) is 23.8 Å². The normalized spacial score (nSPS) is 17.3. The van der Waals surface area contributed by atoms with E-state index in [9.17, 15) is 18.0 Å². The van der Waals surface area contributed by atoms with E-state index in [1.165, 1.54) is 18.2 Å². The first-order valence-corrected chi connectivity index (χ1v) is 9.47. The van der Waals surface area contributed by atoms with Gasteiger partial charge in [-0.25, -0.2) is 0 Å². The molecule has 0 amide bonds. The Balaban J connectivity index is 1.54. The van der Waals surface area contributed by atoms with Gasteiger partial charge in [0.1, 0.15) is 0 Å². The lowest BCUT2D eigenvalue weighted by Gasteiger charge is -2.23. The zero-order valence-electron chi connectivity index (χ0n) is 15.6. The van der Waals surface area contributed by atoms with Crippen LogP contribution in [0.15, 0.2) is 42.5 Å². The number of halogens is 3. The van der Waals surface area contributed by atoms with Gasteiger partial charge in [0.15, 0.2) is 17.3 Å². The Kier molecular flexibility index (Phi) is 5.22. The number of ether oxygens (including phenoxy) is 2. The Morgan fingerprint density at radius 3 is 2.45 bits per heavy atom. The van der Waals surface area contributed by atoms with Crippen LogP contribution in [0.25, 0.3) is 5.70 Å². The molecule has 2 heterocycles. The number of hydrogen-bond acceptors (Lipinski definition) is 4. The average molecular weight is 403 g/mol. The summed E-state index contributed by atoms with van der Waals surface area (Å²) in [7, 11) is 0. The van der Waals surface area contributed by atoms with Crippen LogP contribution in [-0.4, -0.2) is 25.5 Å². The van der Waals surface area contributed by atoms with Gasteiger partial charge >= 0.3 is 6.18 Å². The fraction of sp³-hybridized carbons (Fsp3) is 0.318. The number of carbonyl (C=O) groups is 1. The Morgan fingerprint density at radius 2 is 1.76 bits per heavy atom. The molecule has 0 bridgehead atoms. The summed E-state index contributed by atoms with van der Waals surface area (Å²) in [6, 6.07) is 8.52. The molecule has 0 unspecified atom stereocenters. The summed E-state index contributed by atoms with van der Waals surface area (Å²) >= 11 is 0. The predicted octanol–water partition coefficient (Wildman–Crippen LogP) is 4.17. The van der Waals surface area contributed by atoms with E-state index in [1.807, 2.05) is 12.1 Å². The van der Waals surface area contributed by atoms with Crippen molar-refractivity contribution < 1.29 is 27.4 Å². The third-order valence-corrected chi connectivity index (χ3v) is 4.94. The number of benzene rings is 2. The number of nitrogens with one attached hydrogen (secondary N) is 1.